The lowest BCUT2D eigenvalue weighted by Crippen LogP contribution is -2.29. The first-order valence-electron chi connectivity index (χ1n) is 5.74. The number of hydrogen-bond donors (Lipinski definition) is 0. The van der Waals surface area contributed by atoms with Gasteiger partial charge in [-0.3, -0.25) is 0 Å². The van der Waals surface area contributed by atoms with Gasteiger partial charge in [-0.05, 0) is 28.3 Å². The molecule has 0 saturated carbocycles. The Morgan fingerprint density at radius 3 is 2.11 bits per heavy atom. The highest BCUT2D eigenvalue weighted by molar-refractivity contribution is 6.75. The van der Waals surface area contributed by atoms with Gasteiger partial charge in [0.2, 0.25) is 3.79 Å². The average Bonchev–Trinajstić information content (AvgIpc) is 2.35. The quantitative estimate of drug-likeness (QED) is 0.546. The van der Waals surface area contributed by atoms with E-state index in [4.69, 9.17) is 58.0 Å². The maximum Gasteiger partial charge on any atom is 0.227 e. The Morgan fingerprint density at radius 1 is 0.895 bits per heavy atom. The van der Waals surface area contributed by atoms with Crippen molar-refractivity contribution >= 4 is 68.8 Å². The van der Waals surface area contributed by atoms with Gasteiger partial charge < -0.3 is 0 Å². The number of rotatable bonds is 2. The molecule has 0 heterocycles. The Morgan fingerprint density at radius 2 is 1.53 bits per heavy atom. The molecule has 19 heavy (non-hydrogen) atoms. The van der Waals surface area contributed by atoms with Crippen LogP contribution in [0.25, 0.3) is 10.8 Å². The molecule has 0 aromatic heterocycles. The summed E-state index contributed by atoms with van der Waals surface area (Å²) in [4.78, 5) is 0. The van der Waals surface area contributed by atoms with Crippen LogP contribution in [0.1, 0.15) is 18.1 Å². The van der Waals surface area contributed by atoms with Gasteiger partial charge in [-0.15, -0.1) is 0 Å². The number of benzene rings is 2. The van der Waals surface area contributed by atoms with Crippen molar-refractivity contribution in [3.8, 4) is 0 Å². The second kappa shape index (κ2) is 5.50. The zero-order valence-corrected chi connectivity index (χ0v) is 13.8. The molecule has 5 heteroatoms. The van der Waals surface area contributed by atoms with E-state index in [1.165, 1.54) is 0 Å². The van der Waals surface area contributed by atoms with E-state index in [-0.39, 0.29) is 0 Å². The minimum absolute atomic E-state index is 0.636. The van der Waals surface area contributed by atoms with Crippen LogP contribution in [-0.4, -0.2) is 3.79 Å². The van der Waals surface area contributed by atoms with Gasteiger partial charge in [0.25, 0.3) is 0 Å². The fourth-order valence-corrected chi connectivity index (χ4v) is 2.82. The highest BCUT2D eigenvalue weighted by Gasteiger charge is 2.48. The first-order chi connectivity index (χ1) is 8.79. The highest BCUT2D eigenvalue weighted by atomic mass is 35.6. The number of fused-ring (bicyclic) bond motifs is 1. The van der Waals surface area contributed by atoms with Crippen LogP contribution in [0.5, 0.6) is 0 Å². The second-order valence-electron chi connectivity index (χ2n) is 4.24. The van der Waals surface area contributed by atoms with Crippen molar-refractivity contribution in [3.63, 3.8) is 0 Å². The van der Waals surface area contributed by atoms with Crippen molar-refractivity contribution in [1.29, 1.82) is 0 Å². The minimum Gasteiger partial charge on any atom is -0.0915 e. The third kappa shape index (κ3) is 2.80. The molecular formula is C14H11Cl5. The average molecular weight is 357 g/mol. The van der Waals surface area contributed by atoms with Crippen molar-refractivity contribution < 1.29 is 0 Å². The standard InChI is InChI=1S/C14H11Cl5/c1-2-10-11-6-4-3-5-9(11)7-8-12(10)13(15,16)14(17,18)19/h3-8H,2H2,1H3. The van der Waals surface area contributed by atoms with Crippen molar-refractivity contribution in [2.45, 2.75) is 21.5 Å². The monoisotopic (exact) mass is 354 g/mol. The van der Waals surface area contributed by atoms with Gasteiger partial charge in [0.15, 0.2) is 4.33 Å². The van der Waals surface area contributed by atoms with Crippen LogP contribution in [0.4, 0.5) is 0 Å². The largest absolute Gasteiger partial charge is 0.227 e. The number of hydrogen-bond acceptors (Lipinski definition) is 0. The van der Waals surface area contributed by atoms with Crippen molar-refractivity contribution in [2.75, 3.05) is 0 Å². The molecule has 0 fully saturated rings. The lowest BCUT2D eigenvalue weighted by atomic mass is 9.95. The van der Waals surface area contributed by atoms with E-state index < -0.39 is 8.13 Å². The van der Waals surface area contributed by atoms with E-state index in [0.29, 0.717) is 5.56 Å². The van der Waals surface area contributed by atoms with Crippen LogP contribution >= 0.6 is 58.0 Å². The van der Waals surface area contributed by atoms with Crippen LogP contribution in [0, 0.1) is 0 Å². The summed E-state index contributed by atoms with van der Waals surface area (Å²) in [5, 5.41) is 2.18. The van der Waals surface area contributed by atoms with E-state index in [9.17, 15) is 0 Å². The summed E-state index contributed by atoms with van der Waals surface area (Å²) in [6.07, 6.45) is 0.749. The van der Waals surface area contributed by atoms with E-state index in [1.807, 2.05) is 43.3 Å². The molecule has 102 valence electrons. The minimum atomic E-state index is -1.80. The van der Waals surface area contributed by atoms with E-state index >= 15 is 0 Å². The van der Waals surface area contributed by atoms with Crippen molar-refractivity contribution in [1.82, 2.24) is 0 Å². The molecule has 0 N–H and O–H groups in total. The summed E-state index contributed by atoms with van der Waals surface area (Å²) in [6.45, 7) is 2.02. The molecule has 0 unspecified atom stereocenters. The van der Waals surface area contributed by atoms with Gasteiger partial charge in [0.1, 0.15) is 0 Å². The topological polar surface area (TPSA) is 0 Å². The number of aryl methyl sites for hydroxylation is 1. The molecule has 2 rings (SSSR count). The summed E-state index contributed by atoms with van der Waals surface area (Å²) >= 11 is 30.3. The summed E-state index contributed by atoms with van der Waals surface area (Å²) < 4.78 is -3.39. The van der Waals surface area contributed by atoms with Crippen LogP contribution in [0.3, 0.4) is 0 Å². The lowest BCUT2D eigenvalue weighted by molar-refractivity contribution is 0.859. The van der Waals surface area contributed by atoms with E-state index in [0.717, 1.165) is 22.8 Å². The Hall–Kier alpha value is 0.150. The van der Waals surface area contributed by atoms with Gasteiger partial charge in [-0.1, -0.05) is 101 Å². The van der Waals surface area contributed by atoms with Gasteiger partial charge >= 0.3 is 0 Å². The predicted octanol–water partition coefficient (Wildman–Crippen LogP) is 6.40. The van der Waals surface area contributed by atoms with E-state index in [2.05, 4.69) is 0 Å². The predicted molar refractivity (Wildman–Crippen MR) is 87.0 cm³/mol. The normalized spacial score (nSPS) is 12.9. The molecule has 0 aliphatic carbocycles. The number of alkyl halides is 5. The molecule has 0 nitrogen and oxygen atoms in total. The van der Waals surface area contributed by atoms with Gasteiger partial charge in [0.05, 0.1) is 0 Å². The molecule has 2 aromatic carbocycles. The molecule has 0 atom stereocenters. The third-order valence-corrected chi connectivity index (χ3v) is 5.49. The SMILES string of the molecule is CCc1c(C(Cl)(Cl)C(Cl)(Cl)Cl)ccc2ccccc12. The van der Waals surface area contributed by atoms with Crippen molar-refractivity contribution in [3.05, 3.63) is 47.5 Å². The first kappa shape index (κ1) is 15.5. The Balaban J connectivity index is 2.75. The molecular weight excluding hydrogens is 345 g/mol. The summed E-state index contributed by atoms with van der Waals surface area (Å²) in [5.41, 5.74) is 1.63. The van der Waals surface area contributed by atoms with Crippen LogP contribution < -0.4 is 0 Å². The van der Waals surface area contributed by atoms with Crippen molar-refractivity contribution in [2.24, 2.45) is 0 Å². The Bertz CT molecular complexity index is 598. The fourth-order valence-electron chi connectivity index (χ4n) is 2.16. The van der Waals surface area contributed by atoms with Gasteiger partial charge in [-0.2, -0.15) is 0 Å². The maximum absolute atomic E-state index is 6.29. The highest BCUT2D eigenvalue weighted by Crippen LogP contribution is 2.54. The lowest BCUT2D eigenvalue weighted by Gasteiger charge is -2.30. The summed E-state index contributed by atoms with van der Waals surface area (Å²) in [6, 6.07) is 11.7. The summed E-state index contributed by atoms with van der Waals surface area (Å²) in [5.74, 6) is 0. The molecule has 0 aliphatic rings. The molecule has 0 radical (unpaired) electrons. The molecule has 2 aromatic rings. The zero-order valence-electron chi connectivity index (χ0n) is 10.1. The Kier molecular flexibility index (Phi) is 4.50. The third-order valence-electron chi connectivity index (χ3n) is 3.09. The second-order valence-corrected chi connectivity index (χ2v) is 7.85. The van der Waals surface area contributed by atoms with E-state index in [1.54, 1.807) is 0 Å². The molecule has 0 bridgehead atoms. The smallest absolute Gasteiger partial charge is 0.0915 e. The summed E-state index contributed by atoms with van der Waals surface area (Å²) in [7, 11) is 0. The van der Waals surface area contributed by atoms with Gasteiger partial charge in [-0.25, -0.2) is 0 Å². The van der Waals surface area contributed by atoms with Crippen LogP contribution in [0.2, 0.25) is 0 Å². The first-order valence-corrected chi connectivity index (χ1v) is 7.63. The molecule has 0 spiro atoms. The molecule has 0 amide bonds. The molecule has 0 aliphatic heterocycles. The number of halogens is 5. The maximum atomic E-state index is 6.29. The fraction of sp³-hybridized carbons (Fsp3) is 0.286. The van der Waals surface area contributed by atoms with Gasteiger partial charge in [0, 0.05) is 0 Å². The van der Waals surface area contributed by atoms with Crippen LogP contribution in [0.15, 0.2) is 36.4 Å². The Labute approximate surface area is 137 Å². The zero-order chi connectivity index (χ0) is 14.3. The van der Waals surface area contributed by atoms with Crippen LogP contribution in [-0.2, 0) is 10.8 Å². The molecule has 0 saturated heterocycles.